The summed E-state index contributed by atoms with van der Waals surface area (Å²) in [4.78, 5) is 0. The Kier molecular flexibility index (Phi) is 4.16. The number of methoxy groups -OCH3 is 1. The quantitative estimate of drug-likeness (QED) is 0.902. The van der Waals surface area contributed by atoms with E-state index in [4.69, 9.17) is 9.26 Å². The lowest BCUT2D eigenvalue weighted by Gasteiger charge is -2.07. The van der Waals surface area contributed by atoms with Crippen molar-refractivity contribution in [2.24, 2.45) is 0 Å². The molecule has 0 bridgehead atoms. The summed E-state index contributed by atoms with van der Waals surface area (Å²) in [6.45, 7) is 4.80. The molecule has 0 saturated carbocycles. The highest BCUT2D eigenvalue weighted by Crippen LogP contribution is 2.16. The molecule has 1 aromatic carbocycles. The smallest absolute Gasteiger partial charge is 0.138 e. The number of ether oxygens (including phenoxy) is 1. The number of nitrogens with one attached hydrogen (secondary N) is 1. The Bertz CT molecular complexity index is 547. The van der Waals surface area contributed by atoms with Gasteiger partial charge in [0.15, 0.2) is 0 Å². The molecule has 102 valence electrons. The van der Waals surface area contributed by atoms with Gasteiger partial charge in [-0.05, 0) is 19.9 Å². The van der Waals surface area contributed by atoms with E-state index in [1.807, 2.05) is 13.8 Å². The van der Waals surface area contributed by atoms with Crippen LogP contribution in [0.15, 0.2) is 22.7 Å². The number of nitrogens with zero attached hydrogens (tertiary/aromatic N) is 1. The molecule has 0 spiro atoms. The molecular formula is C14H17FN2O2. The first-order valence-corrected chi connectivity index (χ1v) is 6.06. The molecule has 5 heteroatoms. The predicted octanol–water partition coefficient (Wildman–Crippen LogP) is 2.73. The number of benzene rings is 1. The van der Waals surface area contributed by atoms with Crippen molar-refractivity contribution in [2.75, 3.05) is 7.11 Å². The van der Waals surface area contributed by atoms with Gasteiger partial charge >= 0.3 is 0 Å². The SMILES string of the molecule is COc1ccc(CNCc2c(C)noc2C)c(F)c1. The van der Waals surface area contributed by atoms with Gasteiger partial charge in [-0.2, -0.15) is 0 Å². The van der Waals surface area contributed by atoms with Crippen LogP contribution < -0.4 is 10.1 Å². The molecule has 0 amide bonds. The molecule has 0 saturated heterocycles. The van der Waals surface area contributed by atoms with Gasteiger partial charge in [-0.15, -0.1) is 0 Å². The Labute approximate surface area is 111 Å². The lowest BCUT2D eigenvalue weighted by Crippen LogP contribution is -2.14. The van der Waals surface area contributed by atoms with Crippen molar-refractivity contribution >= 4 is 0 Å². The van der Waals surface area contributed by atoms with E-state index in [2.05, 4.69) is 10.5 Å². The van der Waals surface area contributed by atoms with Gasteiger partial charge in [0.25, 0.3) is 0 Å². The van der Waals surface area contributed by atoms with Crippen LogP contribution in [0.4, 0.5) is 4.39 Å². The molecule has 2 aromatic rings. The summed E-state index contributed by atoms with van der Waals surface area (Å²) < 4.78 is 23.7. The number of hydrogen-bond acceptors (Lipinski definition) is 4. The van der Waals surface area contributed by atoms with Crippen LogP contribution in [-0.4, -0.2) is 12.3 Å². The van der Waals surface area contributed by atoms with Gasteiger partial charge in [0.1, 0.15) is 17.3 Å². The van der Waals surface area contributed by atoms with Crippen molar-refractivity contribution in [3.05, 3.63) is 46.6 Å². The summed E-state index contributed by atoms with van der Waals surface area (Å²) in [6.07, 6.45) is 0. The van der Waals surface area contributed by atoms with Crippen LogP contribution in [0, 0.1) is 19.7 Å². The Morgan fingerprint density at radius 1 is 1.32 bits per heavy atom. The van der Waals surface area contributed by atoms with Gasteiger partial charge in [-0.1, -0.05) is 11.2 Å². The highest BCUT2D eigenvalue weighted by molar-refractivity contribution is 5.29. The Balaban J connectivity index is 1.96. The zero-order chi connectivity index (χ0) is 13.8. The average molecular weight is 264 g/mol. The monoisotopic (exact) mass is 264 g/mol. The lowest BCUT2D eigenvalue weighted by atomic mass is 10.1. The lowest BCUT2D eigenvalue weighted by molar-refractivity contribution is 0.392. The molecule has 0 atom stereocenters. The Morgan fingerprint density at radius 3 is 2.68 bits per heavy atom. The van der Waals surface area contributed by atoms with Crippen molar-refractivity contribution in [1.29, 1.82) is 0 Å². The standard InChI is InChI=1S/C14H17FN2O2/c1-9-13(10(2)19-17-9)8-16-7-11-4-5-12(18-3)6-14(11)15/h4-6,16H,7-8H2,1-3H3. The summed E-state index contributed by atoms with van der Waals surface area (Å²) in [6, 6.07) is 4.84. The van der Waals surface area contributed by atoms with Crippen LogP contribution in [0.1, 0.15) is 22.6 Å². The minimum atomic E-state index is -0.273. The molecule has 1 heterocycles. The number of hydrogen-bond donors (Lipinski definition) is 1. The maximum absolute atomic E-state index is 13.7. The number of halogens is 1. The van der Waals surface area contributed by atoms with Crippen LogP contribution in [0.2, 0.25) is 0 Å². The number of rotatable bonds is 5. The summed E-state index contributed by atoms with van der Waals surface area (Å²) in [5.74, 6) is 1.04. The highest BCUT2D eigenvalue weighted by atomic mass is 19.1. The molecule has 1 aromatic heterocycles. The minimum absolute atomic E-state index is 0.273. The molecule has 4 nitrogen and oxygen atoms in total. The van der Waals surface area contributed by atoms with E-state index >= 15 is 0 Å². The van der Waals surface area contributed by atoms with E-state index in [0.29, 0.717) is 24.4 Å². The second-order valence-corrected chi connectivity index (χ2v) is 4.36. The first-order chi connectivity index (χ1) is 9.11. The van der Waals surface area contributed by atoms with Gasteiger partial charge in [-0.25, -0.2) is 4.39 Å². The Hall–Kier alpha value is -1.88. The van der Waals surface area contributed by atoms with E-state index in [1.54, 1.807) is 12.1 Å². The molecule has 0 radical (unpaired) electrons. The molecular weight excluding hydrogens is 247 g/mol. The van der Waals surface area contributed by atoms with Crippen LogP contribution in [0.5, 0.6) is 5.75 Å². The van der Waals surface area contributed by atoms with Gasteiger partial charge < -0.3 is 14.6 Å². The van der Waals surface area contributed by atoms with Crippen molar-refractivity contribution in [2.45, 2.75) is 26.9 Å². The molecule has 0 aliphatic carbocycles. The van der Waals surface area contributed by atoms with Crippen molar-refractivity contribution < 1.29 is 13.7 Å². The van der Waals surface area contributed by atoms with Crippen molar-refractivity contribution in [3.8, 4) is 5.75 Å². The second kappa shape index (κ2) is 5.84. The summed E-state index contributed by atoms with van der Waals surface area (Å²) in [5, 5.41) is 7.06. The minimum Gasteiger partial charge on any atom is -0.497 e. The summed E-state index contributed by atoms with van der Waals surface area (Å²) in [7, 11) is 1.52. The second-order valence-electron chi connectivity index (χ2n) is 4.36. The van der Waals surface area contributed by atoms with Crippen LogP contribution in [0.3, 0.4) is 0 Å². The summed E-state index contributed by atoms with van der Waals surface area (Å²) >= 11 is 0. The zero-order valence-electron chi connectivity index (χ0n) is 11.3. The molecule has 0 aliphatic heterocycles. The third-order valence-electron chi connectivity index (χ3n) is 3.06. The van der Waals surface area contributed by atoms with Crippen LogP contribution >= 0.6 is 0 Å². The number of aromatic nitrogens is 1. The normalized spacial score (nSPS) is 10.7. The average Bonchev–Trinajstić information content (AvgIpc) is 2.72. The first-order valence-electron chi connectivity index (χ1n) is 6.06. The first kappa shape index (κ1) is 13.5. The van der Waals surface area contributed by atoms with E-state index in [9.17, 15) is 4.39 Å². The largest absolute Gasteiger partial charge is 0.497 e. The fourth-order valence-electron chi connectivity index (χ4n) is 1.87. The van der Waals surface area contributed by atoms with Gasteiger partial charge in [-0.3, -0.25) is 0 Å². The fraction of sp³-hybridized carbons (Fsp3) is 0.357. The van der Waals surface area contributed by atoms with Gasteiger partial charge in [0, 0.05) is 30.3 Å². The van der Waals surface area contributed by atoms with E-state index in [-0.39, 0.29) is 5.82 Å². The molecule has 0 fully saturated rings. The third kappa shape index (κ3) is 3.12. The third-order valence-corrected chi connectivity index (χ3v) is 3.06. The molecule has 1 N–H and O–H groups in total. The van der Waals surface area contributed by atoms with E-state index in [0.717, 1.165) is 17.0 Å². The topological polar surface area (TPSA) is 47.3 Å². The van der Waals surface area contributed by atoms with Gasteiger partial charge in [0.05, 0.1) is 12.8 Å². The molecule has 2 rings (SSSR count). The Morgan fingerprint density at radius 2 is 2.11 bits per heavy atom. The van der Waals surface area contributed by atoms with Crippen LogP contribution in [-0.2, 0) is 13.1 Å². The fourth-order valence-corrected chi connectivity index (χ4v) is 1.87. The molecule has 0 unspecified atom stereocenters. The van der Waals surface area contributed by atoms with Crippen molar-refractivity contribution in [3.63, 3.8) is 0 Å². The highest BCUT2D eigenvalue weighted by Gasteiger charge is 2.09. The molecule has 19 heavy (non-hydrogen) atoms. The van der Waals surface area contributed by atoms with Crippen molar-refractivity contribution in [1.82, 2.24) is 10.5 Å². The maximum Gasteiger partial charge on any atom is 0.138 e. The number of aryl methyl sites for hydroxylation is 2. The molecule has 0 aliphatic rings. The van der Waals surface area contributed by atoms with Gasteiger partial charge in [0.2, 0.25) is 0 Å². The van der Waals surface area contributed by atoms with E-state index in [1.165, 1.54) is 13.2 Å². The van der Waals surface area contributed by atoms with E-state index < -0.39 is 0 Å². The predicted molar refractivity (Wildman–Crippen MR) is 69.5 cm³/mol. The van der Waals surface area contributed by atoms with Crippen LogP contribution in [0.25, 0.3) is 0 Å². The summed E-state index contributed by atoms with van der Waals surface area (Å²) in [5.41, 5.74) is 2.49. The maximum atomic E-state index is 13.7. The zero-order valence-corrected chi connectivity index (χ0v) is 11.3.